The molecule has 0 aliphatic heterocycles. The Morgan fingerprint density at radius 1 is 0.893 bits per heavy atom. The molecule has 0 aliphatic carbocycles. The molecule has 0 aliphatic rings. The number of rotatable bonds is 3. The lowest BCUT2D eigenvalue weighted by Crippen LogP contribution is -2.32. The van der Waals surface area contributed by atoms with Crippen molar-refractivity contribution in [1.82, 2.24) is 14.6 Å². The topological polar surface area (TPSA) is 34.1 Å². The number of hydrogen-bond donors (Lipinski definition) is 0. The summed E-state index contributed by atoms with van der Waals surface area (Å²) in [6.07, 6.45) is 2.05. The van der Waals surface area contributed by atoms with E-state index in [4.69, 9.17) is 10.1 Å². The second-order valence-corrected chi connectivity index (χ2v) is 8.04. The Morgan fingerprint density at radius 2 is 1.61 bits per heavy atom. The van der Waals surface area contributed by atoms with Crippen molar-refractivity contribution in [2.75, 3.05) is 6.26 Å². The van der Waals surface area contributed by atoms with Gasteiger partial charge in [0, 0.05) is 10.0 Å². The zero-order chi connectivity index (χ0) is 19.1. The van der Waals surface area contributed by atoms with E-state index in [9.17, 15) is 0 Å². The highest BCUT2D eigenvalue weighted by atomic mass is 79.9. The minimum absolute atomic E-state index is 0.834. The molecule has 0 atom stereocenters. The van der Waals surface area contributed by atoms with E-state index in [2.05, 4.69) is 75.3 Å². The lowest BCUT2D eigenvalue weighted by molar-refractivity contribution is -0.609. The van der Waals surface area contributed by atoms with Crippen molar-refractivity contribution in [3.05, 3.63) is 83.3 Å². The van der Waals surface area contributed by atoms with Crippen LogP contribution in [0.2, 0.25) is 0 Å². The summed E-state index contributed by atoms with van der Waals surface area (Å²) in [5, 5.41) is 6.91. The maximum absolute atomic E-state index is 4.94. The average molecular weight is 448 g/mol. The Kier molecular flexibility index (Phi) is 4.37. The summed E-state index contributed by atoms with van der Waals surface area (Å²) in [4.78, 5) is 4.94. The Labute approximate surface area is 175 Å². The van der Waals surface area contributed by atoms with Crippen molar-refractivity contribution in [1.29, 1.82) is 0 Å². The lowest BCUT2D eigenvalue weighted by Gasteiger charge is -2.05. The van der Waals surface area contributed by atoms with Crippen LogP contribution < -0.4 is 4.57 Å². The normalized spacial score (nSPS) is 11.4. The first kappa shape index (κ1) is 17.4. The Hall–Kier alpha value is -2.70. The van der Waals surface area contributed by atoms with Crippen LogP contribution in [0.4, 0.5) is 0 Å². The maximum Gasteiger partial charge on any atom is 0.342 e. The van der Waals surface area contributed by atoms with Crippen LogP contribution in [0.3, 0.4) is 0 Å². The summed E-state index contributed by atoms with van der Waals surface area (Å²) in [6, 6.07) is 26.7. The number of thioether (sulfide) groups is 1. The lowest BCUT2D eigenvalue weighted by atomic mass is 10.2. The quantitative estimate of drug-likeness (QED) is 0.277. The van der Waals surface area contributed by atoms with Gasteiger partial charge in [-0.2, -0.15) is 4.57 Å². The molecule has 5 rings (SSSR count). The van der Waals surface area contributed by atoms with Crippen molar-refractivity contribution in [3.8, 4) is 17.1 Å². The Morgan fingerprint density at radius 3 is 2.36 bits per heavy atom. The van der Waals surface area contributed by atoms with Crippen molar-refractivity contribution in [2.24, 2.45) is 0 Å². The van der Waals surface area contributed by atoms with Crippen LogP contribution in [-0.4, -0.2) is 20.9 Å². The van der Waals surface area contributed by atoms with Crippen LogP contribution in [-0.2, 0) is 0 Å². The van der Waals surface area contributed by atoms with Crippen molar-refractivity contribution >= 4 is 44.2 Å². The van der Waals surface area contributed by atoms with Crippen LogP contribution in [0.5, 0.6) is 0 Å². The Balaban J connectivity index is 1.95. The van der Waals surface area contributed by atoms with Gasteiger partial charge in [0.05, 0.1) is 16.0 Å². The van der Waals surface area contributed by atoms with E-state index in [1.54, 1.807) is 11.8 Å². The number of halogens is 1. The van der Waals surface area contributed by atoms with Crippen LogP contribution in [0.1, 0.15) is 0 Å². The predicted octanol–water partition coefficient (Wildman–Crippen LogP) is 5.31. The standard InChI is InChI=1S/C22H16BrN4S/c1-28-22-25-27-20(15-7-3-2-4-8-15)24-19-10-6-5-9-18(19)21(27)26(22)17-13-11-16(23)12-14-17/h2-14H,1H3/q+1. The summed E-state index contributed by atoms with van der Waals surface area (Å²) >= 11 is 5.15. The first-order valence-electron chi connectivity index (χ1n) is 8.85. The second-order valence-electron chi connectivity index (χ2n) is 6.35. The Bertz CT molecular complexity index is 1300. The van der Waals surface area contributed by atoms with Gasteiger partial charge in [0.15, 0.2) is 0 Å². The van der Waals surface area contributed by atoms with Crippen LogP contribution >= 0.6 is 27.7 Å². The molecule has 0 N–H and O–H groups in total. The SMILES string of the molecule is CSc1nn2c(-c3ccccc3)nc3ccccc3c2[n+]1-c1ccc(Br)cc1. The first-order chi connectivity index (χ1) is 13.8. The van der Waals surface area contributed by atoms with Gasteiger partial charge in [-0.25, -0.2) is 4.98 Å². The molecule has 0 amide bonds. The molecule has 4 nitrogen and oxygen atoms in total. The van der Waals surface area contributed by atoms with Crippen LogP contribution in [0.25, 0.3) is 33.6 Å². The maximum atomic E-state index is 4.94. The third kappa shape index (κ3) is 2.80. The zero-order valence-corrected chi connectivity index (χ0v) is 17.5. The number of benzene rings is 3. The van der Waals surface area contributed by atoms with E-state index in [0.29, 0.717) is 0 Å². The molecule has 0 unspecified atom stereocenters. The minimum Gasteiger partial charge on any atom is -0.213 e. The van der Waals surface area contributed by atoms with Crippen LogP contribution in [0.15, 0.2) is 88.5 Å². The number of hydrogen-bond acceptors (Lipinski definition) is 3. The van der Waals surface area contributed by atoms with Crippen molar-refractivity contribution in [3.63, 3.8) is 0 Å². The van der Waals surface area contributed by atoms with E-state index in [-0.39, 0.29) is 0 Å². The fourth-order valence-corrected chi connectivity index (χ4v) is 4.20. The van der Waals surface area contributed by atoms with E-state index in [0.717, 1.165) is 43.3 Å². The molecule has 0 bridgehead atoms. The molecule has 2 heterocycles. The third-order valence-electron chi connectivity index (χ3n) is 4.66. The molecule has 3 aromatic carbocycles. The minimum atomic E-state index is 0.834. The van der Waals surface area contributed by atoms with Gasteiger partial charge in [0.25, 0.3) is 5.65 Å². The summed E-state index contributed by atoms with van der Waals surface area (Å²) in [7, 11) is 0. The van der Waals surface area contributed by atoms with Crippen molar-refractivity contribution in [2.45, 2.75) is 5.16 Å². The van der Waals surface area contributed by atoms with Gasteiger partial charge in [0.2, 0.25) is 5.82 Å². The summed E-state index contributed by atoms with van der Waals surface area (Å²) in [5.74, 6) is 0.834. The van der Waals surface area contributed by atoms with E-state index < -0.39 is 0 Å². The van der Waals surface area contributed by atoms with Gasteiger partial charge >= 0.3 is 5.16 Å². The van der Waals surface area contributed by atoms with Crippen molar-refractivity contribution < 1.29 is 4.57 Å². The molecule has 6 heteroatoms. The smallest absolute Gasteiger partial charge is 0.213 e. The number of aromatic nitrogens is 4. The molecular formula is C22H16BrN4S+. The highest BCUT2D eigenvalue weighted by molar-refractivity contribution is 9.10. The molecule has 0 radical (unpaired) electrons. The zero-order valence-electron chi connectivity index (χ0n) is 15.1. The van der Waals surface area contributed by atoms with Gasteiger partial charge in [0.1, 0.15) is 5.69 Å². The summed E-state index contributed by atoms with van der Waals surface area (Å²) < 4.78 is 5.22. The number of para-hydroxylation sites is 1. The van der Waals surface area contributed by atoms with E-state index >= 15 is 0 Å². The molecule has 28 heavy (non-hydrogen) atoms. The number of fused-ring (bicyclic) bond motifs is 3. The average Bonchev–Trinajstić information content (AvgIpc) is 3.14. The molecule has 2 aromatic heterocycles. The van der Waals surface area contributed by atoms with E-state index in [1.165, 1.54) is 0 Å². The molecule has 5 aromatic rings. The van der Waals surface area contributed by atoms with Gasteiger partial charge < -0.3 is 0 Å². The molecule has 136 valence electrons. The van der Waals surface area contributed by atoms with Gasteiger partial charge in [-0.05, 0) is 54.8 Å². The second kappa shape index (κ2) is 7.04. The monoisotopic (exact) mass is 447 g/mol. The van der Waals surface area contributed by atoms with E-state index in [1.807, 2.05) is 34.8 Å². The first-order valence-corrected chi connectivity index (χ1v) is 10.9. The highest BCUT2D eigenvalue weighted by Gasteiger charge is 2.27. The molecule has 0 saturated carbocycles. The third-order valence-corrected chi connectivity index (χ3v) is 5.82. The molecule has 0 spiro atoms. The van der Waals surface area contributed by atoms with Gasteiger partial charge in [-0.15, -0.1) is 0 Å². The predicted molar refractivity (Wildman–Crippen MR) is 117 cm³/mol. The number of nitrogens with zero attached hydrogens (tertiary/aromatic N) is 4. The summed E-state index contributed by atoms with van der Waals surface area (Å²) in [5.41, 5.74) is 4.07. The molecule has 0 fully saturated rings. The van der Waals surface area contributed by atoms with Gasteiger partial charge in [-0.1, -0.05) is 62.5 Å². The van der Waals surface area contributed by atoms with Gasteiger partial charge in [-0.3, -0.25) is 0 Å². The largest absolute Gasteiger partial charge is 0.342 e. The highest BCUT2D eigenvalue weighted by Crippen LogP contribution is 2.26. The fourth-order valence-electron chi connectivity index (χ4n) is 3.40. The molecular weight excluding hydrogens is 432 g/mol. The molecule has 0 saturated heterocycles. The fraction of sp³-hybridized carbons (Fsp3) is 0.0455. The summed E-state index contributed by atoms with van der Waals surface area (Å²) in [6.45, 7) is 0. The van der Waals surface area contributed by atoms with Crippen LogP contribution in [0, 0.1) is 0 Å².